The minimum Gasteiger partial charge on any atom is -0.465 e. The fourth-order valence-electron chi connectivity index (χ4n) is 3.26. The van der Waals surface area contributed by atoms with Crippen LogP contribution in [-0.2, 0) is 17.6 Å². The van der Waals surface area contributed by atoms with E-state index < -0.39 is 23.6 Å². The molecule has 0 saturated heterocycles. The van der Waals surface area contributed by atoms with E-state index in [0.29, 0.717) is 5.69 Å². The third-order valence-electron chi connectivity index (χ3n) is 4.31. The number of nitrogens with one attached hydrogen (secondary N) is 1. The van der Waals surface area contributed by atoms with Gasteiger partial charge in [-0.2, -0.15) is 0 Å². The summed E-state index contributed by atoms with van der Waals surface area (Å²) in [6, 6.07) is 4.87. The average Bonchev–Trinajstić information content (AvgIpc) is 2.92. The van der Waals surface area contributed by atoms with Crippen LogP contribution in [0.3, 0.4) is 0 Å². The molecule has 3 N–H and O–H groups in total. The Labute approximate surface area is 142 Å². The van der Waals surface area contributed by atoms with Crippen molar-refractivity contribution in [2.24, 2.45) is 0 Å². The Morgan fingerprint density at radius 1 is 1.25 bits per heavy atom. The second-order valence-corrected chi connectivity index (χ2v) is 7.18. The highest BCUT2D eigenvalue weighted by molar-refractivity contribution is 5.96. The number of aliphatic hydroxyl groups excluding tert-OH is 1. The molecule has 0 aliphatic heterocycles. The van der Waals surface area contributed by atoms with E-state index in [2.05, 4.69) is 5.32 Å². The monoisotopic (exact) mass is 334 g/mol. The van der Waals surface area contributed by atoms with E-state index >= 15 is 0 Å². The van der Waals surface area contributed by atoms with Crippen LogP contribution in [0.15, 0.2) is 18.2 Å². The molecule has 1 atom stereocenters. The maximum absolute atomic E-state index is 12.7. The summed E-state index contributed by atoms with van der Waals surface area (Å²) in [5.74, 6) is -0.417. The smallest absolute Gasteiger partial charge is 0.408 e. The van der Waals surface area contributed by atoms with E-state index in [1.54, 1.807) is 20.8 Å². The predicted octanol–water partition coefficient (Wildman–Crippen LogP) is 2.64. The summed E-state index contributed by atoms with van der Waals surface area (Å²) < 4.78 is 0. The Kier molecular flexibility index (Phi) is 5.49. The molecule has 2 amide bonds. The molecule has 1 aliphatic carbocycles. The molecule has 1 aromatic rings. The van der Waals surface area contributed by atoms with Crippen molar-refractivity contribution in [1.29, 1.82) is 0 Å². The molecule has 0 bridgehead atoms. The van der Waals surface area contributed by atoms with Crippen LogP contribution in [0.25, 0.3) is 0 Å². The minimum atomic E-state index is -1.18. The highest BCUT2D eigenvalue weighted by Crippen LogP contribution is 2.26. The number of aliphatic hydroxyl groups is 1. The van der Waals surface area contributed by atoms with E-state index in [0.717, 1.165) is 24.2 Å². The third-order valence-corrected chi connectivity index (χ3v) is 4.31. The average molecular weight is 334 g/mol. The lowest BCUT2D eigenvalue weighted by atomic mass is 10.0. The second-order valence-electron chi connectivity index (χ2n) is 7.18. The second kappa shape index (κ2) is 7.21. The van der Waals surface area contributed by atoms with Gasteiger partial charge >= 0.3 is 6.09 Å². The molecule has 6 heteroatoms. The van der Waals surface area contributed by atoms with Gasteiger partial charge in [0.15, 0.2) is 0 Å². The zero-order valence-electron chi connectivity index (χ0n) is 14.5. The van der Waals surface area contributed by atoms with Crippen molar-refractivity contribution >= 4 is 17.7 Å². The van der Waals surface area contributed by atoms with Gasteiger partial charge in [-0.1, -0.05) is 6.07 Å². The third kappa shape index (κ3) is 4.06. The summed E-state index contributed by atoms with van der Waals surface area (Å²) in [6.07, 6.45) is 2.07. The highest BCUT2D eigenvalue weighted by atomic mass is 16.4. The van der Waals surface area contributed by atoms with Crippen molar-refractivity contribution in [2.75, 3.05) is 11.9 Å². The molecule has 0 saturated carbocycles. The summed E-state index contributed by atoms with van der Waals surface area (Å²) in [5.41, 5.74) is 2.46. The molecule has 0 heterocycles. The number of nitrogens with zero attached hydrogens (tertiary/aromatic N) is 1. The van der Waals surface area contributed by atoms with E-state index in [1.807, 2.05) is 18.2 Å². The molecule has 24 heavy (non-hydrogen) atoms. The first-order valence-corrected chi connectivity index (χ1v) is 8.30. The Hall–Kier alpha value is -2.08. The van der Waals surface area contributed by atoms with Crippen molar-refractivity contribution in [3.63, 3.8) is 0 Å². The largest absolute Gasteiger partial charge is 0.465 e. The highest BCUT2D eigenvalue weighted by Gasteiger charge is 2.37. The van der Waals surface area contributed by atoms with Crippen molar-refractivity contribution in [3.8, 4) is 0 Å². The van der Waals surface area contributed by atoms with Crippen molar-refractivity contribution in [3.05, 3.63) is 29.3 Å². The summed E-state index contributed by atoms with van der Waals surface area (Å²) in [5, 5.41) is 21.6. The Balaban J connectivity index is 2.21. The zero-order valence-corrected chi connectivity index (χ0v) is 14.5. The number of carbonyl (C=O) groups is 2. The number of benzene rings is 1. The van der Waals surface area contributed by atoms with Gasteiger partial charge in [-0.25, -0.2) is 4.79 Å². The maximum atomic E-state index is 12.7. The van der Waals surface area contributed by atoms with Gasteiger partial charge in [0.05, 0.1) is 0 Å². The molecule has 1 aromatic carbocycles. The van der Waals surface area contributed by atoms with E-state index in [9.17, 15) is 19.8 Å². The first-order valence-electron chi connectivity index (χ1n) is 8.30. The molecule has 6 nitrogen and oxygen atoms in total. The number of carbonyl (C=O) groups excluding carboxylic acids is 1. The number of aryl methyl sites for hydroxylation is 2. The number of fused-ring (bicyclic) bond motifs is 1. The molecular weight excluding hydrogens is 308 g/mol. The standard InChI is InChI=1S/C18H26N2O4/c1-18(2,3)20(17(23)24)15(9-10-21)16(22)19-14-8-7-12-5-4-6-13(12)11-14/h7-8,11,15,21H,4-6,9-10H2,1-3H3,(H,19,22)(H,23,24)/t15-/m0/s1. The minimum absolute atomic E-state index is 0.0559. The van der Waals surface area contributed by atoms with Crippen LogP contribution in [0.2, 0.25) is 0 Å². The van der Waals surface area contributed by atoms with E-state index in [1.165, 1.54) is 11.1 Å². The lowest BCUT2D eigenvalue weighted by molar-refractivity contribution is -0.123. The van der Waals surface area contributed by atoms with Gasteiger partial charge in [0.25, 0.3) is 0 Å². The van der Waals surface area contributed by atoms with Crippen LogP contribution in [0, 0.1) is 0 Å². The normalized spacial score (nSPS) is 14.8. The number of hydrogen-bond donors (Lipinski definition) is 3. The fraction of sp³-hybridized carbons (Fsp3) is 0.556. The van der Waals surface area contributed by atoms with Crippen LogP contribution in [-0.4, -0.2) is 45.3 Å². The topological polar surface area (TPSA) is 89.9 Å². The summed E-state index contributed by atoms with van der Waals surface area (Å²) in [4.78, 5) is 25.4. The van der Waals surface area contributed by atoms with Gasteiger partial charge in [0, 0.05) is 24.3 Å². The molecule has 2 rings (SSSR count). The van der Waals surface area contributed by atoms with Gasteiger partial charge in [0.1, 0.15) is 6.04 Å². The van der Waals surface area contributed by atoms with Crippen molar-refractivity contribution in [1.82, 2.24) is 4.90 Å². The van der Waals surface area contributed by atoms with Gasteiger partial charge in [-0.05, 0) is 63.3 Å². The molecule has 0 radical (unpaired) electrons. The molecule has 132 valence electrons. The lowest BCUT2D eigenvalue weighted by Crippen LogP contribution is -2.55. The maximum Gasteiger partial charge on any atom is 0.408 e. The molecule has 0 unspecified atom stereocenters. The fourth-order valence-corrected chi connectivity index (χ4v) is 3.26. The van der Waals surface area contributed by atoms with Crippen LogP contribution in [0.4, 0.5) is 10.5 Å². The number of hydrogen-bond acceptors (Lipinski definition) is 3. The molecular formula is C18H26N2O4. The van der Waals surface area contributed by atoms with Gasteiger partial charge in [-0.3, -0.25) is 9.69 Å². The van der Waals surface area contributed by atoms with Gasteiger partial charge in [0.2, 0.25) is 5.91 Å². The first-order chi connectivity index (χ1) is 11.2. The quantitative estimate of drug-likeness (QED) is 0.772. The molecule has 0 fully saturated rings. The summed E-state index contributed by atoms with van der Waals surface area (Å²) >= 11 is 0. The summed E-state index contributed by atoms with van der Waals surface area (Å²) in [7, 11) is 0. The van der Waals surface area contributed by atoms with Crippen LogP contribution in [0.5, 0.6) is 0 Å². The SMILES string of the molecule is CC(C)(C)N(C(=O)O)[C@@H](CCO)C(=O)Nc1ccc2c(c1)CCC2. The van der Waals surface area contributed by atoms with Crippen molar-refractivity contribution < 1.29 is 19.8 Å². The predicted molar refractivity (Wildman–Crippen MR) is 92.2 cm³/mol. The first kappa shape index (κ1) is 18.3. The van der Waals surface area contributed by atoms with Gasteiger partial charge < -0.3 is 15.5 Å². The number of amides is 2. The van der Waals surface area contributed by atoms with Crippen LogP contribution in [0.1, 0.15) is 44.7 Å². The van der Waals surface area contributed by atoms with Crippen LogP contribution >= 0.6 is 0 Å². The number of anilines is 1. The number of rotatable bonds is 5. The van der Waals surface area contributed by atoms with Crippen molar-refractivity contribution in [2.45, 2.75) is 58.0 Å². The van der Waals surface area contributed by atoms with E-state index in [4.69, 9.17) is 0 Å². The Morgan fingerprint density at radius 2 is 1.92 bits per heavy atom. The van der Waals surface area contributed by atoms with Gasteiger partial charge in [-0.15, -0.1) is 0 Å². The lowest BCUT2D eigenvalue weighted by Gasteiger charge is -2.38. The summed E-state index contributed by atoms with van der Waals surface area (Å²) in [6.45, 7) is 4.93. The molecule has 0 aromatic heterocycles. The molecule has 1 aliphatic rings. The van der Waals surface area contributed by atoms with E-state index in [-0.39, 0.29) is 13.0 Å². The van der Waals surface area contributed by atoms with Crippen LogP contribution < -0.4 is 5.32 Å². The molecule has 0 spiro atoms. The zero-order chi connectivity index (χ0) is 17.9. The number of carboxylic acid groups (broad SMARTS) is 1. The Bertz CT molecular complexity index is 622. The Morgan fingerprint density at radius 3 is 2.50 bits per heavy atom.